The number of ketones is 3. The molecule has 3 atom stereocenters. The van der Waals surface area contributed by atoms with Crippen molar-refractivity contribution in [3.63, 3.8) is 0 Å². The Bertz CT molecular complexity index is 1290. The van der Waals surface area contributed by atoms with Crippen LogP contribution in [0.15, 0.2) is 84.9 Å². The summed E-state index contributed by atoms with van der Waals surface area (Å²) in [4.78, 5) is 43.6. The van der Waals surface area contributed by atoms with Gasteiger partial charge in [0.25, 0.3) is 0 Å². The van der Waals surface area contributed by atoms with Gasteiger partial charge in [0.1, 0.15) is 5.41 Å². The number of hydrogen-bond acceptors (Lipinski definition) is 4. The van der Waals surface area contributed by atoms with Crippen molar-refractivity contribution in [3.05, 3.63) is 107 Å². The molecule has 0 unspecified atom stereocenters. The Morgan fingerprint density at radius 2 is 1.41 bits per heavy atom. The summed E-state index contributed by atoms with van der Waals surface area (Å²) < 4.78 is 0. The zero-order valence-electron chi connectivity index (χ0n) is 17.6. The lowest BCUT2D eigenvalue weighted by Crippen LogP contribution is -2.48. The summed E-state index contributed by atoms with van der Waals surface area (Å²) in [5, 5.41) is 0. The molecule has 3 aromatic rings. The Balaban J connectivity index is 1.69. The van der Waals surface area contributed by atoms with Crippen molar-refractivity contribution in [2.24, 2.45) is 5.41 Å². The quantitative estimate of drug-likeness (QED) is 0.565. The van der Waals surface area contributed by atoms with E-state index in [1.54, 1.807) is 31.2 Å². The number of hydrogen-bond donors (Lipinski definition) is 0. The van der Waals surface area contributed by atoms with Gasteiger partial charge in [0.05, 0.1) is 12.1 Å². The minimum Gasteiger partial charge on any atom is -0.352 e. The molecule has 2 aliphatic heterocycles. The Hall–Kier alpha value is -3.79. The minimum absolute atomic E-state index is 0.0533. The third-order valence-electron chi connectivity index (χ3n) is 7.29. The van der Waals surface area contributed by atoms with E-state index in [-0.39, 0.29) is 17.3 Å². The number of para-hydroxylation sites is 1. The summed E-state index contributed by atoms with van der Waals surface area (Å²) in [5.74, 6) is -1.01. The van der Waals surface area contributed by atoms with Crippen molar-refractivity contribution in [1.29, 1.82) is 0 Å². The van der Waals surface area contributed by atoms with Crippen LogP contribution >= 0.6 is 0 Å². The Morgan fingerprint density at radius 3 is 2.06 bits per heavy atom. The summed E-state index contributed by atoms with van der Waals surface area (Å²) in [6.45, 7) is 1.56. The van der Waals surface area contributed by atoms with Crippen LogP contribution in [0.5, 0.6) is 0 Å². The van der Waals surface area contributed by atoms with Crippen LogP contribution < -0.4 is 4.90 Å². The van der Waals surface area contributed by atoms with Gasteiger partial charge in [0.15, 0.2) is 17.3 Å². The lowest BCUT2D eigenvalue weighted by molar-refractivity contribution is -0.118. The molecule has 4 nitrogen and oxygen atoms in total. The largest absolute Gasteiger partial charge is 0.352 e. The topological polar surface area (TPSA) is 54.5 Å². The summed E-state index contributed by atoms with van der Waals surface area (Å²) in [6, 6.07) is 23.3. The number of carbonyl (C=O) groups is 3. The Morgan fingerprint density at radius 1 is 0.812 bits per heavy atom. The van der Waals surface area contributed by atoms with Gasteiger partial charge in [-0.1, -0.05) is 84.9 Å². The van der Waals surface area contributed by atoms with Gasteiger partial charge in [-0.15, -0.1) is 0 Å². The summed E-state index contributed by atoms with van der Waals surface area (Å²) in [6.07, 6.45) is 3.93. The molecule has 1 spiro atoms. The normalized spacial score (nSPS) is 24.4. The molecule has 32 heavy (non-hydrogen) atoms. The van der Waals surface area contributed by atoms with Crippen molar-refractivity contribution < 1.29 is 14.4 Å². The second-order valence-corrected chi connectivity index (χ2v) is 8.79. The highest BCUT2D eigenvalue weighted by atomic mass is 16.2. The number of nitrogens with zero attached hydrogens (tertiary/aromatic N) is 1. The van der Waals surface area contributed by atoms with Gasteiger partial charge in [-0.25, -0.2) is 0 Å². The van der Waals surface area contributed by atoms with E-state index in [0.29, 0.717) is 11.1 Å². The van der Waals surface area contributed by atoms with Gasteiger partial charge >= 0.3 is 0 Å². The maximum atomic E-state index is 14.2. The van der Waals surface area contributed by atoms with Gasteiger partial charge in [0, 0.05) is 22.7 Å². The predicted molar refractivity (Wildman–Crippen MR) is 123 cm³/mol. The summed E-state index contributed by atoms with van der Waals surface area (Å²) in [7, 11) is 0. The number of rotatable bonds is 2. The van der Waals surface area contributed by atoms with Crippen LogP contribution in [0.1, 0.15) is 44.7 Å². The van der Waals surface area contributed by atoms with E-state index >= 15 is 0 Å². The van der Waals surface area contributed by atoms with Crippen LogP contribution in [0, 0.1) is 5.41 Å². The summed E-state index contributed by atoms with van der Waals surface area (Å²) in [5.41, 5.74) is 2.22. The fourth-order valence-corrected chi connectivity index (χ4v) is 6.10. The average Bonchev–Trinajstić information content (AvgIpc) is 3.27. The number of carbonyl (C=O) groups excluding carboxylic acids is 3. The molecule has 0 N–H and O–H groups in total. The summed E-state index contributed by atoms with van der Waals surface area (Å²) >= 11 is 0. The zero-order valence-corrected chi connectivity index (χ0v) is 17.6. The highest BCUT2D eigenvalue weighted by Crippen LogP contribution is 2.60. The third-order valence-corrected chi connectivity index (χ3v) is 7.29. The van der Waals surface area contributed by atoms with Crippen molar-refractivity contribution in [2.45, 2.75) is 24.9 Å². The number of benzene rings is 3. The molecule has 0 saturated carbocycles. The van der Waals surface area contributed by atoms with Gasteiger partial charge in [0.2, 0.25) is 0 Å². The smallest absolute Gasteiger partial charge is 0.180 e. The van der Waals surface area contributed by atoms with Crippen LogP contribution in [-0.4, -0.2) is 29.4 Å². The Kier molecular flexibility index (Phi) is 3.91. The molecule has 0 radical (unpaired) electrons. The van der Waals surface area contributed by atoms with E-state index in [0.717, 1.165) is 16.8 Å². The highest BCUT2D eigenvalue weighted by molar-refractivity contribution is 6.32. The Labute approximate surface area is 186 Å². The van der Waals surface area contributed by atoms with Gasteiger partial charge in [-0.3, -0.25) is 14.4 Å². The number of anilines is 1. The van der Waals surface area contributed by atoms with Crippen LogP contribution in [0.25, 0.3) is 6.08 Å². The third kappa shape index (κ3) is 2.19. The molecule has 3 aliphatic rings. The fourth-order valence-electron chi connectivity index (χ4n) is 6.10. The molecule has 6 rings (SSSR count). The predicted octanol–water partition coefficient (Wildman–Crippen LogP) is 4.71. The molecule has 1 saturated heterocycles. The van der Waals surface area contributed by atoms with Crippen molar-refractivity contribution in [1.82, 2.24) is 0 Å². The number of fused-ring (bicyclic) bond motifs is 5. The SMILES string of the molecule is CC(=O)[C@H]1[C@H](c2ccccc2)C2(C(=O)c3ccccc3C2=O)[C@@H]2C=Cc3ccccc3N21. The average molecular weight is 419 g/mol. The molecule has 4 heteroatoms. The lowest BCUT2D eigenvalue weighted by atomic mass is 9.64. The molecule has 1 aliphatic carbocycles. The first-order valence-electron chi connectivity index (χ1n) is 10.9. The monoisotopic (exact) mass is 419 g/mol. The number of Topliss-reactive ketones (excluding diaryl/α,β-unsaturated/α-hetero) is 3. The second-order valence-electron chi connectivity index (χ2n) is 8.79. The van der Waals surface area contributed by atoms with E-state index in [1.807, 2.05) is 71.6 Å². The van der Waals surface area contributed by atoms with E-state index < -0.39 is 23.4 Å². The van der Waals surface area contributed by atoms with E-state index in [9.17, 15) is 14.4 Å². The van der Waals surface area contributed by atoms with E-state index in [1.165, 1.54) is 0 Å². The molecule has 1 fully saturated rings. The van der Waals surface area contributed by atoms with E-state index in [4.69, 9.17) is 0 Å². The lowest BCUT2D eigenvalue weighted by Gasteiger charge is -2.37. The van der Waals surface area contributed by atoms with Crippen LogP contribution in [0.4, 0.5) is 5.69 Å². The molecule has 3 aromatic carbocycles. The molecular weight excluding hydrogens is 398 g/mol. The molecule has 156 valence electrons. The van der Waals surface area contributed by atoms with E-state index in [2.05, 4.69) is 0 Å². The molecule has 0 bridgehead atoms. The first kappa shape index (κ1) is 18.9. The van der Waals surface area contributed by atoms with Gasteiger partial charge in [-0.05, 0) is 24.1 Å². The maximum Gasteiger partial charge on any atom is 0.180 e. The van der Waals surface area contributed by atoms with Crippen molar-refractivity contribution in [2.75, 3.05) is 4.90 Å². The van der Waals surface area contributed by atoms with Crippen LogP contribution in [-0.2, 0) is 4.79 Å². The van der Waals surface area contributed by atoms with Crippen LogP contribution in [0.3, 0.4) is 0 Å². The highest BCUT2D eigenvalue weighted by Gasteiger charge is 2.71. The van der Waals surface area contributed by atoms with Crippen LogP contribution in [0.2, 0.25) is 0 Å². The molecule has 0 amide bonds. The molecule has 0 aromatic heterocycles. The van der Waals surface area contributed by atoms with Crippen molar-refractivity contribution in [3.8, 4) is 0 Å². The van der Waals surface area contributed by atoms with Crippen molar-refractivity contribution >= 4 is 29.1 Å². The first-order chi connectivity index (χ1) is 15.6. The van der Waals surface area contributed by atoms with Gasteiger partial charge < -0.3 is 4.90 Å². The standard InChI is InChI=1S/C28H21NO3/c1-17(30)25-24(19-10-3-2-4-11-19)28(26(31)20-12-6-7-13-21(20)27(28)32)23-16-15-18-9-5-8-14-22(18)29(23)25/h2-16,23-25H,1H3/t23-,24-,25-/m0/s1. The fraction of sp³-hybridized carbons (Fsp3) is 0.179. The second kappa shape index (κ2) is 6.60. The minimum atomic E-state index is -1.38. The maximum absolute atomic E-state index is 14.2. The zero-order chi connectivity index (χ0) is 22.0. The molecule has 2 heterocycles. The first-order valence-corrected chi connectivity index (χ1v) is 10.9. The molecular formula is C28H21NO3. The van der Waals surface area contributed by atoms with Gasteiger partial charge in [-0.2, -0.15) is 0 Å².